The lowest BCUT2D eigenvalue weighted by Crippen LogP contribution is -2.13. The van der Waals surface area contributed by atoms with Crippen molar-refractivity contribution in [1.29, 1.82) is 0 Å². The largest absolute Gasteiger partial charge is 0.481 e. The standard InChI is InChI=1S/C13H10BrClO2S/c14-9-5-11(18-7-9)6-12(13(16)17)8-1-3-10(15)4-2-8/h1-5,7,12H,6H2,(H,16,17). The van der Waals surface area contributed by atoms with Crippen molar-refractivity contribution in [2.45, 2.75) is 12.3 Å². The Morgan fingerprint density at radius 2 is 2.06 bits per heavy atom. The summed E-state index contributed by atoms with van der Waals surface area (Å²) >= 11 is 10.7. The van der Waals surface area contributed by atoms with Crippen molar-refractivity contribution in [2.24, 2.45) is 0 Å². The van der Waals surface area contributed by atoms with Crippen LogP contribution in [0.4, 0.5) is 0 Å². The van der Waals surface area contributed by atoms with Crippen molar-refractivity contribution in [3.8, 4) is 0 Å². The Hall–Kier alpha value is -0.840. The van der Waals surface area contributed by atoms with Crippen molar-refractivity contribution in [1.82, 2.24) is 0 Å². The van der Waals surface area contributed by atoms with Gasteiger partial charge in [0.15, 0.2) is 0 Å². The van der Waals surface area contributed by atoms with Crippen LogP contribution in [0.5, 0.6) is 0 Å². The molecule has 1 aromatic heterocycles. The lowest BCUT2D eigenvalue weighted by molar-refractivity contribution is -0.138. The highest BCUT2D eigenvalue weighted by atomic mass is 79.9. The molecule has 2 aromatic rings. The molecule has 0 bridgehead atoms. The van der Waals surface area contributed by atoms with E-state index in [2.05, 4.69) is 15.9 Å². The molecule has 1 aromatic carbocycles. The minimum atomic E-state index is -0.818. The van der Waals surface area contributed by atoms with E-state index in [0.717, 1.165) is 14.9 Å². The average molecular weight is 346 g/mol. The van der Waals surface area contributed by atoms with Gasteiger partial charge in [-0.15, -0.1) is 11.3 Å². The quantitative estimate of drug-likeness (QED) is 0.881. The molecule has 1 N–H and O–H groups in total. The molecular weight excluding hydrogens is 336 g/mol. The smallest absolute Gasteiger partial charge is 0.311 e. The first kappa shape index (κ1) is 13.6. The van der Waals surface area contributed by atoms with Crippen LogP contribution in [0.1, 0.15) is 16.4 Å². The van der Waals surface area contributed by atoms with Crippen molar-refractivity contribution in [3.63, 3.8) is 0 Å². The fourth-order valence-electron chi connectivity index (χ4n) is 1.70. The molecule has 0 aliphatic carbocycles. The van der Waals surface area contributed by atoms with Gasteiger partial charge < -0.3 is 5.11 Å². The Balaban J connectivity index is 2.23. The number of benzene rings is 1. The van der Waals surface area contributed by atoms with Crippen molar-refractivity contribution < 1.29 is 9.90 Å². The third-order valence-corrected chi connectivity index (χ3v) is 4.57. The van der Waals surface area contributed by atoms with E-state index in [1.807, 2.05) is 11.4 Å². The molecule has 18 heavy (non-hydrogen) atoms. The molecule has 1 atom stereocenters. The summed E-state index contributed by atoms with van der Waals surface area (Å²) in [6.07, 6.45) is 0.493. The number of hydrogen-bond donors (Lipinski definition) is 1. The monoisotopic (exact) mass is 344 g/mol. The highest BCUT2D eigenvalue weighted by Crippen LogP contribution is 2.27. The van der Waals surface area contributed by atoms with Crippen LogP contribution < -0.4 is 0 Å². The van der Waals surface area contributed by atoms with Crippen LogP contribution in [0, 0.1) is 0 Å². The lowest BCUT2D eigenvalue weighted by Gasteiger charge is -2.11. The van der Waals surface area contributed by atoms with Gasteiger partial charge >= 0.3 is 5.97 Å². The number of aliphatic carboxylic acids is 1. The van der Waals surface area contributed by atoms with Crippen LogP contribution >= 0.6 is 38.9 Å². The fraction of sp³-hybridized carbons (Fsp3) is 0.154. The van der Waals surface area contributed by atoms with Crippen LogP contribution in [0.3, 0.4) is 0 Å². The number of hydrogen-bond acceptors (Lipinski definition) is 2. The van der Waals surface area contributed by atoms with Crippen molar-refractivity contribution in [2.75, 3.05) is 0 Å². The first-order chi connectivity index (χ1) is 8.56. The second kappa shape index (κ2) is 5.87. The summed E-state index contributed by atoms with van der Waals surface area (Å²) in [5.74, 6) is -1.35. The van der Waals surface area contributed by atoms with Crippen LogP contribution in [-0.4, -0.2) is 11.1 Å². The van der Waals surface area contributed by atoms with E-state index in [9.17, 15) is 9.90 Å². The van der Waals surface area contributed by atoms with E-state index in [-0.39, 0.29) is 0 Å². The van der Waals surface area contributed by atoms with Crippen LogP contribution in [0.2, 0.25) is 5.02 Å². The second-order valence-electron chi connectivity index (χ2n) is 3.88. The van der Waals surface area contributed by atoms with Gasteiger partial charge in [0.25, 0.3) is 0 Å². The zero-order valence-corrected chi connectivity index (χ0v) is 12.4. The van der Waals surface area contributed by atoms with Gasteiger partial charge in [-0.3, -0.25) is 4.79 Å². The highest BCUT2D eigenvalue weighted by molar-refractivity contribution is 9.10. The maximum absolute atomic E-state index is 11.4. The first-order valence-corrected chi connectivity index (χ1v) is 7.32. The van der Waals surface area contributed by atoms with E-state index in [1.54, 1.807) is 35.6 Å². The molecule has 5 heteroatoms. The van der Waals surface area contributed by atoms with Gasteiger partial charge in [0.05, 0.1) is 5.92 Å². The summed E-state index contributed by atoms with van der Waals surface area (Å²) in [5.41, 5.74) is 0.774. The van der Waals surface area contributed by atoms with E-state index in [4.69, 9.17) is 11.6 Å². The number of halogens is 2. The normalized spacial score (nSPS) is 12.3. The zero-order valence-electron chi connectivity index (χ0n) is 9.27. The number of rotatable bonds is 4. The van der Waals surface area contributed by atoms with Gasteiger partial charge in [-0.2, -0.15) is 0 Å². The Morgan fingerprint density at radius 3 is 2.56 bits per heavy atom. The molecule has 1 unspecified atom stereocenters. The van der Waals surface area contributed by atoms with Gasteiger partial charge in [0.1, 0.15) is 0 Å². The topological polar surface area (TPSA) is 37.3 Å². The molecule has 2 rings (SSSR count). The Kier molecular flexibility index (Phi) is 4.43. The Labute approximate surface area is 122 Å². The van der Waals surface area contributed by atoms with E-state index >= 15 is 0 Å². The second-order valence-corrected chi connectivity index (χ2v) is 6.23. The molecule has 1 heterocycles. The van der Waals surface area contributed by atoms with Gasteiger partial charge in [0, 0.05) is 19.8 Å². The first-order valence-electron chi connectivity index (χ1n) is 5.27. The predicted octanol–water partition coefficient (Wildman–Crippen LogP) is 4.57. The summed E-state index contributed by atoms with van der Waals surface area (Å²) in [6, 6.07) is 8.93. The van der Waals surface area contributed by atoms with E-state index < -0.39 is 11.9 Å². The molecule has 0 saturated carbocycles. The molecule has 0 aliphatic rings. The molecule has 0 saturated heterocycles. The molecule has 0 amide bonds. The van der Waals surface area contributed by atoms with Gasteiger partial charge in [-0.05, 0) is 46.1 Å². The summed E-state index contributed by atoms with van der Waals surface area (Å²) in [6.45, 7) is 0. The van der Waals surface area contributed by atoms with Crippen molar-refractivity contribution >= 4 is 44.8 Å². The fourth-order valence-corrected chi connectivity index (χ4v) is 3.33. The molecule has 94 valence electrons. The number of carbonyl (C=O) groups is 1. The number of carboxylic acids is 1. The highest BCUT2D eigenvalue weighted by Gasteiger charge is 2.21. The molecule has 0 spiro atoms. The molecule has 2 nitrogen and oxygen atoms in total. The third-order valence-electron chi connectivity index (χ3n) is 2.60. The van der Waals surface area contributed by atoms with Crippen LogP contribution in [0.25, 0.3) is 0 Å². The summed E-state index contributed by atoms with van der Waals surface area (Å²) < 4.78 is 0.989. The summed E-state index contributed by atoms with van der Waals surface area (Å²) in [4.78, 5) is 12.4. The van der Waals surface area contributed by atoms with E-state index in [1.165, 1.54) is 0 Å². The average Bonchev–Trinajstić information content (AvgIpc) is 2.73. The number of carboxylic acid groups (broad SMARTS) is 1. The summed E-state index contributed by atoms with van der Waals surface area (Å²) in [5, 5.41) is 11.9. The van der Waals surface area contributed by atoms with Gasteiger partial charge in [-0.25, -0.2) is 0 Å². The lowest BCUT2D eigenvalue weighted by atomic mass is 9.95. The summed E-state index contributed by atoms with van der Waals surface area (Å²) in [7, 11) is 0. The maximum Gasteiger partial charge on any atom is 0.311 e. The van der Waals surface area contributed by atoms with Crippen LogP contribution in [0.15, 0.2) is 40.2 Å². The van der Waals surface area contributed by atoms with E-state index in [0.29, 0.717) is 11.4 Å². The third kappa shape index (κ3) is 3.34. The predicted molar refractivity (Wildman–Crippen MR) is 77.6 cm³/mol. The Morgan fingerprint density at radius 1 is 1.39 bits per heavy atom. The molecular formula is C13H10BrClO2S. The van der Waals surface area contributed by atoms with Crippen LogP contribution in [-0.2, 0) is 11.2 Å². The zero-order chi connectivity index (χ0) is 13.1. The van der Waals surface area contributed by atoms with Gasteiger partial charge in [-0.1, -0.05) is 23.7 Å². The van der Waals surface area contributed by atoms with Gasteiger partial charge in [0.2, 0.25) is 0 Å². The minimum absolute atomic E-state index is 0.493. The Bertz CT molecular complexity index is 550. The molecule has 0 fully saturated rings. The maximum atomic E-state index is 11.4. The molecule has 0 aliphatic heterocycles. The molecule has 0 radical (unpaired) electrons. The SMILES string of the molecule is O=C(O)C(Cc1cc(Br)cs1)c1ccc(Cl)cc1. The number of thiophene rings is 1. The van der Waals surface area contributed by atoms with Crippen molar-refractivity contribution in [3.05, 3.63) is 55.6 Å². The minimum Gasteiger partial charge on any atom is -0.481 e.